The third-order valence-corrected chi connectivity index (χ3v) is 2.01. The molecule has 0 saturated carbocycles. The van der Waals surface area contributed by atoms with Crippen molar-refractivity contribution in [1.29, 1.82) is 0 Å². The fourth-order valence-corrected chi connectivity index (χ4v) is 1.28. The van der Waals surface area contributed by atoms with Gasteiger partial charge in [-0.1, -0.05) is 0 Å². The Labute approximate surface area is 86.7 Å². The maximum absolute atomic E-state index is 12.8. The van der Waals surface area contributed by atoms with Crippen LogP contribution in [0, 0.1) is 12.7 Å². The van der Waals surface area contributed by atoms with Crippen LogP contribution in [-0.4, -0.2) is 0 Å². The minimum atomic E-state index is -0.353. The summed E-state index contributed by atoms with van der Waals surface area (Å²) in [6.45, 7) is 1.85. The van der Waals surface area contributed by atoms with E-state index in [0.29, 0.717) is 17.3 Å². The van der Waals surface area contributed by atoms with Gasteiger partial charge in [0.1, 0.15) is 11.6 Å². The van der Waals surface area contributed by atoms with E-state index in [4.69, 9.17) is 10.2 Å². The highest BCUT2D eigenvalue weighted by Gasteiger charge is 2.03. The van der Waals surface area contributed by atoms with Gasteiger partial charge in [-0.3, -0.25) is 0 Å². The first-order chi connectivity index (χ1) is 7.15. The van der Waals surface area contributed by atoms with Crippen LogP contribution in [0.1, 0.15) is 5.76 Å². The SMILES string of the molecule is Cc1ccc(Nc2ccc(F)cc2N)o1. The molecule has 0 atom stereocenters. The standard InChI is InChI=1S/C11H11FN2O/c1-7-2-5-11(15-7)14-10-4-3-8(12)6-9(10)13/h2-6,14H,13H2,1H3. The van der Waals surface area contributed by atoms with Crippen LogP contribution in [0.2, 0.25) is 0 Å². The largest absolute Gasteiger partial charge is 0.446 e. The molecule has 0 aliphatic carbocycles. The Kier molecular flexibility index (Phi) is 2.33. The number of aryl methyl sites for hydroxylation is 1. The Morgan fingerprint density at radius 2 is 2.07 bits per heavy atom. The van der Waals surface area contributed by atoms with Crippen molar-refractivity contribution in [2.45, 2.75) is 6.92 Å². The molecule has 1 aromatic carbocycles. The minimum Gasteiger partial charge on any atom is -0.446 e. The molecule has 0 fully saturated rings. The number of furan rings is 1. The van der Waals surface area contributed by atoms with Crippen molar-refractivity contribution in [2.75, 3.05) is 11.1 Å². The summed E-state index contributed by atoms with van der Waals surface area (Å²) in [7, 11) is 0. The minimum absolute atomic E-state index is 0.351. The number of halogens is 1. The van der Waals surface area contributed by atoms with Crippen LogP contribution in [0.4, 0.5) is 21.6 Å². The van der Waals surface area contributed by atoms with E-state index in [1.54, 1.807) is 12.1 Å². The first-order valence-electron chi connectivity index (χ1n) is 4.53. The molecule has 0 aliphatic heterocycles. The van der Waals surface area contributed by atoms with E-state index in [-0.39, 0.29) is 5.82 Å². The van der Waals surface area contributed by atoms with Crippen molar-refractivity contribution in [3.05, 3.63) is 41.9 Å². The third-order valence-electron chi connectivity index (χ3n) is 2.01. The van der Waals surface area contributed by atoms with E-state index in [1.807, 2.05) is 13.0 Å². The summed E-state index contributed by atoms with van der Waals surface area (Å²) in [4.78, 5) is 0. The summed E-state index contributed by atoms with van der Waals surface area (Å²) in [5.41, 5.74) is 6.61. The summed E-state index contributed by atoms with van der Waals surface area (Å²) < 4.78 is 18.1. The second-order valence-corrected chi connectivity index (χ2v) is 3.27. The summed E-state index contributed by atoms with van der Waals surface area (Å²) in [5.74, 6) is 1.04. The zero-order valence-corrected chi connectivity index (χ0v) is 8.25. The maximum Gasteiger partial charge on any atom is 0.197 e. The second kappa shape index (κ2) is 3.65. The van der Waals surface area contributed by atoms with E-state index in [1.165, 1.54) is 12.1 Å². The van der Waals surface area contributed by atoms with Gasteiger partial charge in [0.15, 0.2) is 5.88 Å². The second-order valence-electron chi connectivity index (χ2n) is 3.27. The van der Waals surface area contributed by atoms with Crippen LogP contribution in [0.3, 0.4) is 0 Å². The molecule has 2 aromatic rings. The fourth-order valence-electron chi connectivity index (χ4n) is 1.28. The number of hydrogen-bond acceptors (Lipinski definition) is 3. The van der Waals surface area contributed by atoms with Gasteiger partial charge in [0.2, 0.25) is 0 Å². The van der Waals surface area contributed by atoms with E-state index in [9.17, 15) is 4.39 Å². The van der Waals surface area contributed by atoms with Crippen molar-refractivity contribution in [2.24, 2.45) is 0 Å². The normalized spacial score (nSPS) is 10.3. The molecule has 78 valence electrons. The lowest BCUT2D eigenvalue weighted by Gasteiger charge is -2.06. The molecule has 0 unspecified atom stereocenters. The topological polar surface area (TPSA) is 51.2 Å². The number of nitrogen functional groups attached to an aromatic ring is 1. The van der Waals surface area contributed by atoms with Gasteiger partial charge in [-0.15, -0.1) is 0 Å². The Balaban J connectivity index is 2.24. The van der Waals surface area contributed by atoms with Gasteiger partial charge < -0.3 is 15.5 Å². The van der Waals surface area contributed by atoms with Crippen molar-refractivity contribution in [3.8, 4) is 0 Å². The Hall–Kier alpha value is -1.97. The molecule has 15 heavy (non-hydrogen) atoms. The lowest BCUT2D eigenvalue weighted by atomic mass is 10.2. The zero-order chi connectivity index (χ0) is 10.8. The molecule has 3 nitrogen and oxygen atoms in total. The number of hydrogen-bond donors (Lipinski definition) is 2. The average molecular weight is 206 g/mol. The lowest BCUT2D eigenvalue weighted by molar-refractivity contribution is 0.551. The maximum atomic E-state index is 12.8. The van der Waals surface area contributed by atoms with Crippen LogP contribution in [0.25, 0.3) is 0 Å². The van der Waals surface area contributed by atoms with Crippen LogP contribution < -0.4 is 11.1 Å². The van der Waals surface area contributed by atoms with E-state index in [0.717, 1.165) is 5.76 Å². The van der Waals surface area contributed by atoms with Gasteiger partial charge >= 0.3 is 0 Å². The number of nitrogens with one attached hydrogen (secondary N) is 1. The van der Waals surface area contributed by atoms with Crippen LogP contribution in [0.5, 0.6) is 0 Å². The number of benzene rings is 1. The van der Waals surface area contributed by atoms with Gasteiger partial charge in [0, 0.05) is 6.07 Å². The summed E-state index contributed by atoms with van der Waals surface area (Å²) >= 11 is 0. The molecule has 0 radical (unpaired) electrons. The predicted molar refractivity (Wildman–Crippen MR) is 57.5 cm³/mol. The highest BCUT2D eigenvalue weighted by atomic mass is 19.1. The molecule has 1 heterocycles. The van der Waals surface area contributed by atoms with E-state index >= 15 is 0 Å². The van der Waals surface area contributed by atoms with Crippen molar-refractivity contribution >= 4 is 17.3 Å². The summed E-state index contributed by atoms with van der Waals surface area (Å²) in [6.07, 6.45) is 0. The Morgan fingerprint density at radius 1 is 1.27 bits per heavy atom. The predicted octanol–water partition coefficient (Wildman–Crippen LogP) is 3.05. The summed E-state index contributed by atoms with van der Waals surface area (Å²) in [5, 5.41) is 2.96. The lowest BCUT2D eigenvalue weighted by Crippen LogP contribution is -1.95. The highest BCUT2D eigenvalue weighted by Crippen LogP contribution is 2.24. The molecule has 0 amide bonds. The van der Waals surface area contributed by atoms with Crippen molar-refractivity contribution in [1.82, 2.24) is 0 Å². The molecule has 4 heteroatoms. The van der Waals surface area contributed by atoms with Gasteiger partial charge in [-0.25, -0.2) is 4.39 Å². The molecule has 0 aliphatic rings. The smallest absolute Gasteiger partial charge is 0.197 e. The number of nitrogens with two attached hydrogens (primary N) is 1. The van der Waals surface area contributed by atoms with Gasteiger partial charge in [0.05, 0.1) is 11.4 Å². The molecular weight excluding hydrogens is 195 g/mol. The van der Waals surface area contributed by atoms with E-state index < -0.39 is 0 Å². The van der Waals surface area contributed by atoms with Gasteiger partial charge in [-0.2, -0.15) is 0 Å². The van der Waals surface area contributed by atoms with Crippen molar-refractivity contribution in [3.63, 3.8) is 0 Å². The quantitative estimate of drug-likeness (QED) is 0.742. The van der Waals surface area contributed by atoms with Crippen LogP contribution >= 0.6 is 0 Å². The van der Waals surface area contributed by atoms with Crippen LogP contribution in [-0.2, 0) is 0 Å². The zero-order valence-electron chi connectivity index (χ0n) is 8.25. The Bertz CT molecular complexity index is 479. The van der Waals surface area contributed by atoms with E-state index in [2.05, 4.69) is 5.32 Å². The van der Waals surface area contributed by atoms with Crippen LogP contribution in [0.15, 0.2) is 34.7 Å². The number of anilines is 3. The van der Waals surface area contributed by atoms with Gasteiger partial charge in [-0.05, 0) is 31.2 Å². The summed E-state index contributed by atoms with van der Waals surface area (Å²) in [6, 6.07) is 7.80. The first kappa shape index (κ1) is 9.58. The first-order valence-corrected chi connectivity index (χ1v) is 4.53. The molecular formula is C11H11FN2O. The van der Waals surface area contributed by atoms with Crippen molar-refractivity contribution < 1.29 is 8.81 Å². The molecule has 0 spiro atoms. The average Bonchev–Trinajstić information content (AvgIpc) is 2.56. The molecule has 3 N–H and O–H groups in total. The van der Waals surface area contributed by atoms with Gasteiger partial charge in [0.25, 0.3) is 0 Å². The fraction of sp³-hybridized carbons (Fsp3) is 0.0909. The third kappa shape index (κ3) is 2.10. The molecule has 0 saturated heterocycles. The molecule has 0 bridgehead atoms. The molecule has 1 aromatic heterocycles. The molecule has 2 rings (SSSR count). The number of rotatable bonds is 2. The Morgan fingerprint density at radius 3 is 2.67 bits per heavy atom. The highest BCUT2D eigenvalue weighted by molar-refractivity contribution is 5.70. The monoisotopic (exact) mass is 206 g/mol.